The zero-order chi connectivity index (χ0) is 14.5. The fourth-order valence-electron chi connectivity index (χ4n) is 2.18. The van der Waals surface area contributed by atoms with E-state index in [-0.39, 0.29) is 5.56 Å². The van der Waals surface area contributed by atoms with Crippen LogP contribution in [-0.4, -0.2) is 0 Å². The summed E-state index contributed by atoms with van der Waals surface area (Å²) in [6, 6.07) is 14.6. The third-order valence-electron chi connectivity index (χ3n) is 3.25. The number of benzene rings is 2. The first-order chi connectivity index (χ1) is 9.61. The molecule has 102 valence electrons. The molecule has 3 heteroatoms. The van der Waals surface area contributed by atoms with E-state index in [1.807, 2.05) is 18.2 Å². The van der Waals surface area contributed by atoms with Gasteiger partial charge in [0.1, 0.15) is 11.9 Å². The third-order valence-corrected chi connectivity index (χ3v) is 3.25. The van der Waals surface area contributed by atoms with Crippen LogP contribution in [0.5, 0.6) is 0 Å². The van der Waals surface area contributed by atoms with E-state index in [1.165, 1.54) is 23.3 Å². The van der Waals surface area contributed by atoms with Crippen LogP contribution in [0, 0.1) is 17.1 Å². The van der Waals surface area contributed by atoms with Crippen LogP contribution in [0.4, 0.5) is 10.1 Å². The molecule has 0 atom stereocenters. The zero-order valence-electron chi connectivity index (χ0n) is 11.7. The van der Waals surface area contributed by atoms with E-state index in [9.17, 15) is 4.39 Å². The highest BCUT2D eigenvalue weighted by Gasteiger charge is 2.06. The minimum atomic E-state index is -0.486. The fraction of sp³-hybridized carbons (Fsp3) is 0.235. The maximum absolute atomic E-state index is 13.3. The Hall–Kier alpha value is -2.34. The summed E-state index contributed by atoms with van der Waals surface area (Å²) < 4.78 is 13.3. The van der Waals surface area contributed by atoms with Crippen molar-refractivity contribution in [3.8, 4) is 6.07 Å². The summed E-state index contributed by atoms with van der Waals surface area (Å²) in [4.78, 5) is 0. The monoisotopic (exact) mass is 268 g/mol. The van der Waals surface area contributed by atoms with Gasteiger partial charge in [0.2, 0.25) is 0 Å². The lowest BCUT2D eigenvalue weighted by molar-refractivity contribution is 0.624. The molecule has 0 aromatic heterocycles. The van der Waals surface area contributed by atoms with Gasteiger partial charge in [-0.05, 0) is 35.2 Å². The van der Waals surface area contributed by atoms with Crippen LogP contribution in [0.1, 0.15) is 36.5 Å². The Morgan fingerprint density at radius 3 is 2.65 bits per heavy atom. The van der Waals surface area contributed by atoms with Gasteiger partial charge >= 0.3 is 0 Å². The van der Waals surface area contributed by atoms with Crippen molar-refractivity contribution in [1.82, 2.24) is 0 Å². The fourth-order valence-corrected chi connectivity index (χ4v) is 2.18. The first-order valence-corrected chi connectivity index (χ1v) is 6.63. The smallest absolute Gasteiger partial charge is 0.141 e. The molecule has 0 amide bonds. The SMILES string of the molecule is CC(C)c1ccccc1CNc1ccc(F)c(C#N)c1. The van der Waals surface area contributed by atoms with Crippen molar-refractivity contribution in [2.24, 2.45) is 0 Å². The molecule has 0 aliphatic rings. The van der Waals surface area contributed by atoms with Gasteiger partial charge in [0, 0.05) is 12.2 Å². The number of halogens is 1. The molecule has 0 fully saturated rings. The molecule has 0 heterocycles. The summed E-state index contributed by atoms with van der Waals surface area (Å²) in [7, 11) is 0. The Bertz CT molecular complexity index is 642. The molecule has 0 saturated heterocycles. The van der Waals surface area contributed by atoms with Crippen molar-refractivity contribution in [3.63, 3.8) is 0 Å². The second-order valence-corrected chi connectivity index (χ2v) is 5.01. The van der Waals surface area contributed by atoms with E-state index < -0.39 is 5.82 Å². The molecule has 2 rings (SSSR count). The van der Waals surface area contributed by atoms with Gasteiger partial charge in [-0.3, -0.25) is 0 Å². The summed E-state index contributed by atoms with van der Waals surface area (Å²) in [5.74, 6) is -0.0310. The molecular formula is C17H17FN2. The van der Waals surface area contributed by atoms with Gasteiger partial charge in [0.15, 0.2) is 0 Å². The Morgan fingerprint density at radius 2 is 1.95 bits per heavy atom. The molecule has 0 bridgehead atoms. The lowest BCUT2D eigenvalue weighted by Gasteiger charge is -2.14. The van der Waals surface area contributed by atoms with Crippen LogP contribution in [0.2, 0.25) is 0 Å². The van der Waals surface area contributed by atoms with Gasteiger partial charge in [0.05, 0.1) is 5.56 Å². The molecule has 0 radical (unpaired) electrons. The van der Waals surface area contributed by atoms with Crippen molar-refractivity contribution in [1.29, 1.82) is 5.26 Å². The van der Waals surface area contributed by atoms with Crippen molar-refractivity contribution in [2.45, 2.75) is 26.3 Å². The molecule has 0 unspecified atom stereocenters. The van der Waals surface area contributed by atoms with E-state index >= 15 is 0 Å². The predicted molar refractivity (Wildman–Crippen MR) is 79.0 cm³/mol. The molecule has 0 aliphatic carbocycles. The van der Waals surface area contributed by atoms with Crippen LogP contribution in [-0.2, 0) is 6.54 Å². The second-order valence-electron chi connectivity index (χ2n) is 5.01. The maximum atomic E-state index is 13.3. The van der Waals surface area contributed by atoms with Crippen molar-refractivity contribution in [3.05, 3.63) is 65.0 Å². The number of anilines is 1. The second kappa shape index (κ2) is 6.21. The lowest BCUT2D eigenvalue weighted by atomic mass is 9.97. The molecule has 0 spiro atoms. The highest BCUT2D eigenvalue weighted by Crippen LogP contribution is 2.21. The van der Waals surface area contributed by atoms with E-state index in [0.717, 1.165) is 5.69 Å². The third kappa shape index (κ3) is 3.16. The summed E-state index contributed by atoms with van der Waals surface area (Å²) in [5, 5.41) is 12.1. The van der Waals surface area contributed by atoms with E-state index in [4.69, 9.17) is 5.26 Å². The molecule has 1 N–H and O–H groups in total. The average molecular weight is 268 g/mol. The van der Waals surface area contributed by atoms with E-state index in [2.05, 4.69) is 31.3 Å². The number of rotatable bonds is 4. The van der Waals surface area contributed by atoms with E-state index in [0.29, 0.717) is 12.5 Å². The van der Waals surface area contributed by atoms with Gasteiger partial charge in [-0.15, -0.1) is 0 Å². The predicted octanol–water partition coefficient (Wildman–Crippen LogP) is 4.43. The average Bonchev–Trinajstić information content (AvgIpc) is 2.46. The van der Waals surface area contributed by atoms with Crippen LogP contribution >= 0.6 is 0 Å². The Labute approximate surface area is 118 Å². The number of hydrogen-bond donors (Lipinski definition) is 1. The standard InChI is InChI=1S/C17H17FN2/c1-12(2)16-6-4-3-5-13(16)11-20-15-7-8-17(18)14(9-15)10-19/h3-9,12,20H,11H2,1-2H3. The summed E-state index contributed by atoms with van der Waals surface area (Å²) >= 11 is 0. The Kier molecular flexibility index (Phi) is 4.37. The normalized spacial score (nSPS) is 10.3. The van der Waals surface area contributed by atoms with Gasteiger partial charge in [0.25, 0.3) is 0 Å². The van der Waals surface area contributed by atoms with Crippen LogP contribution < -0.4 is 5.32 Å². The number of hydrogen-bond acceptors (Lipinski definition) is 2. The van der Waals surface area contributed by atoms with Crippen LogP contribution in [0.15, 0.2) is 42.5 Å². The molecule has 2 aromatic carbocycles. The van der Waals surface area contributed by atoms with Crippen molar-refractivity contribution < 1.29 is 4.39 Å². The highest BCUT2D eigenvalue weighted by atomic mass is 19.1. The largest absolute Gasteiger partial charge is 0.381 e. The van der Waals surface area contributed by atoms with Gasteiger partial charge in [-0.1, -0.05) is 38.1 Å². The summed E-state index contributed by atoms with van der Waals surface area (Å²) in [6.07, 6.45) is 0. The van der Waals surface area contributed by atoms with E-state index in [1.54, 1.807) is 6.07 Å². The maximum Gasteiger partial charge on any atom is 0.141 e. The van der Waals surface area contributed by atoms with Crippen molar-refractivity contribution >= 4 is 5.69 Å². The van der Waals surface area contributed by atoms with Crippen LogP contribution in [0.25, 0.3) is 0 Å². The first kappa shape index (κ1) is 14.1. The Balaban J connectivity index is 2.15. The highest BCUT2D eigenvalue weighted by molar-refractivity contribution is 5.50. The molecule has 2 aromatic rings. The molecular weight excluding hydrogens is 251 g/mol. The topological polar surface area (TPSA) is 35.8 Å². The Morgan fingerprint density at radius 1 is 1.20 bits per heavy atom. The molecule has 0 aliphatic heterocycles. The number of nitriles is 1. The lowest BCUT2D eigenvalue weighted by Crippen LogP contribution is -2.04. The summed E-state index contributed by atoms with van der Waals surface area (Å²) in [5.41, 5.74) is 3.32. The summed E-state index contributed by atoms with van der Waals surface area (Å²) in [6.45, 7) is 4.97. The minimum absolute atomic E-state index is 0.0622. The van der Waals surface area contributed by atoms with Gasteiger partial charge < -0.3 is 5.32 Å². The molecule has 20 heavy (non-hydrogen) atoms. The molecule has 2 nitrogen and oxygen atoms in total. The van der Waals surface area contributed by atoms with Gasteiger partial charge in [-0.2, -0.15) is 5.26 Å². The quantitative estimate of drug-likeness (QED) is 0.890. The number of nitrogens with one attached hydrogen (secondary N) is 1. The minimum Gasteiger partial charge on any atom is -0.381 e. The first-order valence-electron chi connectivity index (χ1n) is 6.63. The molecule has 0 saturated carbocycles. The van der Waals surface area contributed by atoms with Crippen molar-refractivity contribution in [2.75, 3.05) is 5.32 Å². The zero-order valence-corrected chi connectivity index (χ0v) is 11.7. The number of nitrogens with zero attached hydrogens (tertiary/aromatic N) is 1. The van der Waals surface area contributed by atoms with Gasteiger partial charge in [-0.25, -0.2) is 4.39 Å². The van der Waals surface area contributed by atoms with Crippen LogP contribution in [0.3, 0.4) is 0 Å².